The second-order valence-electron chi connectivity index (χ2n) is 7.26. The van der Waals surface area contributed by atoms with E-state index in [-0.39, 0.29) is 30.0 Å². The summed E-state index contributed by atoms with van der Waals surface area (Å²) in [6, 6.07) is 10.0. The van der Waals surface area contributed by atoms with E-state index in [0.717, 1.165) is 31.6 Å². The standard InChI is InChI=1S/C22H28N4O3/c1-17-14-25-20(15-24-17)22(28)26(16-19-8-5-13-29-19)12-10-21(27)23-11-9-18-6-3-2-4-7-18/h2-4,6-7,14-15,19H,5,8-13,16H2,1H3,(H,23,27)/t19-/m1/s1. The number of amides is 2. The van der Waals surface area contributed by atoms with Gasteiger partial charge in [0.1, 0.15) is 5.69 Å². The number of rotatable bonds is 9. The first-order valence-electron chi connectivity index (χ1n) is 10.1. The smallest absolute Gasteiger partial charge is 0.274 e. The van der Waals surface area contributed by atoms with Crippen LogP contribution in [0.2, 0.25) is 0 Å². The molecule has 2 amide bonds. The Hall–Kier alpha value is -2.80. The zero-order chi connectivity index (χ0) is 20.5. The maximum absolute atomic E-state index is 12.9. The van der Waals surface area contributed by atoms with Crippen LogP contribution in [0.4, 0.5) is 0 Å². The fourth-order valence-electron chi connectivity index (χ4n) is 3.29. The Morgan fingerprint density at radius 1 is 1.21 bits per heavy atom. The van der Waals surface area contributed by atoms with Crippen LogP contribution in [-0.4, -0.2) is 59.0 Å². The predicted octanol–water partition coefficient (Wildman–Crippen LogP) is 2.16. The molecule has 0 saturated carbocycles. The summed E-state index contributed by atoms with van der Waals surface area (Å²) in [7, 11) is 0. The van der Waals surface area contributed by atoms with Crippen molar-refractivity contribution in [2.24, 2.45) is 0 Å². The van der Waals surface area contributed by atoms with Crippen LogP contribution in [0.25, 0.3) is 0 Å². The van der Waals surface area contributed by atoms with Crippen LogP contribution >= 0.6 is 0 Å². The highest BCUT2D eigenvalue weighted by molar-refractivity contribution is 5.92. The number of carbonyl (C=O) groups excluding carboxylic acids is 2. The zero-order valence-corrected chi connectivity index (χ0v) is 16.8. The van der Waals surface area contributed by atoms with Gasteiger partial charge < -0.3 is 15.0 Å². The van der Waals surface area contributed by atoms with E-state index < -0.39 is 0 Å². The molecule has 1 aromatic heterocycles. The van der Waals surface area contributed by atoms with Gasteiger partial charge in [-0.15, -0.1) is 0 Å². The van der Waals surface area contributed by atoms with E-state index in [2.05, 4.69) is 15.3 Å². The highest BCUT2D eigenvalue weighted by Crippen LogP contribution is 2.15. The van der Waals surface area contributed by atoms with E-state index in [1.807, 2.05) is 37.3 Å². The first-order chi connectivity index (χ1) is 14.1. The van der Waals surface area contributed by atoms with Crippen molar-refractivity contribution in [2.45, 2.75) is 38.7 Å². The molecule has 1 N–H and O–H groups in total. The molecule has 29 heavy (non-hydrogen) atoms. The zero-order valence-electron chi connectivity index (χ0n) is 16.8. The Balaban J connectivity index is 1.52. The lowest BCUT2D eigenvalue weighted by Crippen LogP contribution is -2.40. The van der Waals surface area contributed by atoms with E-state index in [1.54, 1.807) is 11.1 Å². The number of ether oxygens (including phenoxy) is 1. The topological polar surface area (TPSA) is 84.4 Å². The number of hydrogen-bond donors (Lipinski definition) is 1. The van der Waals surface area contributed by atoms with Crippen LogP contribution < -0.4 is 5.32 Å². The van der Waals surface area contributed by atoms with Gasteiger partial charge in [-0.1, -0.05) is 30.3 Å². The molecule has 1 aliphatic rings. The molecule has 1 aromatic carbocycles. The molecule has 0 aliphatic carbocycles. The SMILES string of the molecule is Cc1cnc(C(=O)N(CCC(=O)NCCc2ccccc2)C[C@H]2CCCO2)cn1. The van der Waals surface area contributed by atoms with E-state index in [0.29, 0.717) is 19.6 Å². The van der Waals surface area contributed by atoms with Gasteiger partial charge in [0.2, 0.25) is 5.91 Å². The van der Waals surface area contributed by atoms with Gasteiger partial charge in [0.25, 0.3) is 5.91 Å². The Kier molecular flexibility index (Phi) is 7.69. The van der Waals surface area contributed by atoms with Gasteiger partial charge in [-0.3, -0.25) is 14.6 Å². The predicted molar refractivity (Wildman–Crippen MR) is 109 cm³/mol. The van der Waals surface area contributed by atoms with Gasteiger partial charge in [-0.05, 0) is 31.7 Å². The number of aromatic nitrogens is 2. The van der Waals surface area contributed by atoms with Crippen molar-refractivity contribution in [1.29, 1.82) is 0 Å². The monoisotopic (exact) mass is 396 g/mol. The molecular weight excluding hydrogens is 368 g/mol. The average Bonchev–Trinajstić information content (AvgIpc) is 3.25. The third kappa shape index (κ3) is 6.64. The van der Waals surface area contributed by atoms with E-state index >= 15 is 0 Å². The molecule has 154 valence electrons. The summed E-state index contributed by atoms with van der Waals surface area (Å²) in [5.41, 5.74) is 2.23. The summed E-state index contributed by atoms with van der Waals surface area (Å²) in [6.45, 7) is 3.91. The van der Waals surface area contributed by atoms with Crippen molar-refractivity contribution in [3.8, 4) is 0 Å². The highest BCUT2D eigenvalue weighted by Gasteiger charge is 2.24. The van der Waals surface area contributed by atoms with Crippen molar-refractivity contribution in [2.75, 3.05) is 26.2 Å². The number of hydrogen-bond acceptors (Lipinski definition) is 5. The van der Waals surface area contributed by atoms with Gasteiger partial charge in [0, 0.05) is 38.9 Å². The summed E-state index contributed by atoms with van der Waals surface area (Å²) in [5.74, 6) is -0.286. The fraction of sp³-hybridized carbons (Fsp3) is 0.455. The maximum Gasteiger partial charge on any atom is 0.274 e. The lowest BCUT2D eigenvalue weighted by molar-refractivity contribution is -0.121. The summed E-state index contributed by atoms with van der Waals surface area (Å²) >= 11 is 0. The van der Waals surface area contributed by atoms with Crippen molar-refractivity contribution in [1.82, 2.24) is 20.2 Å². The Morgan fingerprint density at radius 3 is 2.72 bits per heavy atom. The van der Waals surface area contributed by atoms with Crippen LogP contribution in [0.5, 0.6) is 0 Å². The molecule has 1 atom stereocenters. The normalized spacial score (nSPS) is 15.8. The van der Waals surface area contributed by atoms with Crippen LogP contribution in [0.1, 0.15) is 41.0 Å². The molecule has 2 heterocycles. The molecule has 7 nitrogen and oxygen atoms in total. The number of benzene rings is 1. The van der Waals surface area contributed by atoms with Crippen LogP contribution in [0.15, 0.2) is 42.7 Å². The molecule has 1 aliphatic heterocycles. The average molecular weight is 396 g/mol. The summed E-state index contributed by atoms with van der Waals surface area (Å²) in [5, 5.41) is 2.93. The Morgan fingerprint density at radius 2 is 2.03 bits per heavy atom. The molecule has 0 bridgehead atoms. The van der Waals surface area contributed by atoms with E-state index in [1.165, 1.54) is 11.8 Å². The molecule has 3 rings (SSSR count). The molecule has 1 saturated heterocycles. The van der Waals surface area contributed by atoms with Crippen molar-refractivity contribution >= 4 is 11.8 Å². The first-order valence-corrected chi connectivity index (χ1v) is 10.1. The summed E-state index contributed by atoms with van der Waals surface area (Å²) in [4.78, 5) is 35.2. The molecule has 7 heteroatoms. The van der Waals surface area contributed by atoms with Crippen molar-refractivity contribution in [3.05, 3.63) is 59.7 Å². The van der Waals surface area contributed by atoms with Crippen LogP contribution in [0, 0.1) is 6.92 Å². The van der Waals surface area contributed by atoms with Crippen molar-refractivity contribution < 1.29 is 14.3 Å². The fourth-order valence-corrected chi connectivity index (χ4v) is 3.29. The van der Waals surface area contributed by atoms with Gasteiger partial charge in [0.05, 0.1) is 18.0 Å². The molecule has 0 unspecified atom stereocenters. The number of aryl methyl sites for hydroxylation is 1. The van der Waals surface area contributed by atoms with Gasteiger partial charge in [-0.2, -0.15) is 0 Å². The van der Waals surface area contributed by atoms with Crippen molar-refractivity contribution in [3.63, 3.8) is 0 Å². The second-order valence-corrected chi connectivity index (χ2v) is 7.26. The minimum absolute atomic E-state index is 0.0125. The second kappa shape index (κ2) is 10.7. The van der Waals surface area contributed by atoms with E-state index in [4.69, 9.17) is 4.74 Å². The Labute approximate surface area is 171 Å². The summed E-state index contributed by atoms with van der Waals surface area (Å²) in [6.07, 6.45) is 6.02. The lowest BCUT2D eigenvalue weighted by Gasteiger charge is -2.25. The quantitative estimate of drug-likeness (QED) is 0.702. The molecular formula is C22H28N4O3. The van der Waals surface area contributed by atoms with Gasteiger partial charge in [0.15, 0.2) is 0 Å². The highest BCUT2D eigenvalue weighted by atomic mass is 16.5. The third-order valence-corrected chi connectivity index (χ3v) is 4.92. The number of nitrogens with zero attached hydrogens (tertiary/aromatic N) is 3. The van der Waals surface area contributed by atoms with Crippen LogP contribution in [-0.2, 0) is 16.0 Å². The van der Waals surface area contributed by atoms with Gasteiger partial charge >= 0.3 is 0 Å². The lowest BCUT2D eigenvalue weighted by atomic mass is 10.1. The minimum atomic E-state index is -0.218. The minimum Gasteiger partial charge on any atom is -0.376 e. The summed E-state index contributed by atoms with van der Waals surface area (Å²) < 4.78 is 5.68. The first kappa shape index (κ1) is 20.9. The molecule has 0 spiro atoms. The largest absolute Gasteiger partial charge is 0.376 e. The van der Waals surface area contributed by atoms with E-state index in [9.17, 15) is 9.59 Å². The number of carbonyl (C=O) groups is 2. The molecule has 0 radical (unpaired) electrons. The third-order valence-electron chi connectivity index (χ3n) is 4.92. The van der Waals surface area contributed by atoms with Gasteiger partial charge in [-0.25, -0.2) is 4.98 Å². The number of nitrogens with one attached hydrogen (secondary N) is 1. The van der Waals surface area contributed by atoms with Crippen LogP contribution in [0.3, 0.4) is 0 Å². The molecule has 1 fully saturated rings. The molecule has 2 aromatic rings. The Bertz CT molecular complexity index is 789. The maximum atomic E-state index is 12.9.